The van der Waals surface area contributed by atoms with Gasteiger partial charge in [0.25, 0.3) is 5.91 Å². The Morgan fingerprint density at radius 3 is 2.68 bits per heavy atom. The van der Waals surface area contributed by atoms with Crippen LogP contribution in [-0.4, -0.2) is 65.7 Å². The van der Waals surface area contributed by atoms with E-state index in [2.05, 4.69) is 10.6 Å². The molecule has 2 aliphatic heterocycles. The molecule has 2 heterocycles. The standard InChI is InChI=1S/C26H28ClFN4O6/c1-14(30-23(34)16-7-8-19(29)18(27)9-16)25(36)32-12-17(28)10-21(32)24(35)31-20-11-22(33)38-26(20)37-13-15-5-3-2-4-6-15/h2-9,14,17,20-21,26H,10-13,29H2,1H3,(H,30,34)(H,31,35)/t14-,17-,20-,21?,26?/m0/s1. The molecule has 4 rings (SSSR count). The zero-order valence-corrected chi connectivity index (χ0v) is 21.3. The molecule has 2 unspecified atom stereocenters. The van der Waals surface area contributed by atoms with Crippen molar-refractivity contribution in [2.45, 2.75) is 57.0 Å². The quantitative estimate of drug-likeness (QED) is 0.339. The van der Waals surface area contributed by atoms with Gasteiger partial charge in [-0.05, 0) is 30.7 Å². The summed E-state index contributed by atoms with van der Waals surface area (Å²) in [7, 11) is 0. The van der Waals surface area contributed by atoms with E-state index in [-0.39, 0.29) is 36.6 Å². The lowest BCUT2D eigenvalue weighted by atomic mass is 10.1. The smallest absolute Gasteiger partial charge is 0.310 e. The number of nitrogens with zero attached hydrogens (tertiary/aromatic N) is 1. The highest BCUT2D eigenvalue weighted by atomic mass is 35.5. The molecule has 10 nitrogen and oxygen atoms in total. The number of nitrogens with two attached hydrogens (primary N) is 1. The SMILES string of the molecule is C[C@H](NC(=O)c1ccc(N)c(Cl)c1)C(=O)N1C[C@@H](F)CC1C(=O)N[C@H]1CC(=O)OC1OCc1ccccc1. The number of hydrogen-bond acceptors (Lipinski definition) is 7. The predicted octanol–water partition coefficient (Wildman–Crippen LogP) is 1.95. The van der Waals surface area contributed by atoms with Gasteiger partial charge in [-0.3, -0.25) is 19.2 Å². The minimum Gasteiger partial charge on any atom is -0.433 e. The van der Waals surface area contributed by atoms with Crippen molar-refractivity contribution in [2.75, 3.05) is 12.3 Å². The number of cyclic esters (lactones) is 1. The topological polar surface area (TPSA) is 140 Å². The van der Waals surface area contributed by atoms with Crippen molar-refractivity contribution in [1.29, 1.82) is 0 Å². The number of carbonyl (C=O) groups excluding carboxylic acids is 4. The third-order valence-corrected chi connectivity index (χ3v) is 6.69. The third kappa shape index (κ3) is 6.40. The molecular weight excluding hydrogens is 519 g/mol. The molecule has 5 atom stereocenters. The summed E-state index contributed by atoms with van der Waals surface area (Å²) in [5.41, 5.74) is 7.01. The molecule has 2 saturated heterocycles. The number of hydrogen-bond donors (Lipinski definition) is 3. The van der Waals surface area contributed by atoms with E-state index in [1.54, 1.807) is 0 Å². The lowest BCUT2D eigenvalue weighted by Gasteiger charge is -2.28. The Hall–Kier alpha value is -3.70. The van der Waals surface area contributed by atoms with Gasteiger partial charge in [-0.1, -0.05) is 41.9 Å². The first kappa shape index (κ1) is 27.3. The fraction of sp³-hybridized carbons (Fsp3) is 0.385. The van der Waals surface area contributed by atoms with Gasteiger partial charge < -0.3 is 30.7 Å². The Bertz CT molecular complexity index is 1220. The number of benzene rings is 2. The molecule has 0 radical (unpaired) electrons. The Morgan fingerprint density at radius 2 is 1.97 bits per heavy atom. The number of nitrogen functional groups attached to an aromatic ring is 1. The van der Waals surface area contributed by atoms with Crippen LogP contribution in [0.25, 0.3) is 0 Å². The number of anilines is 1. The fourth-order valence-electron chi connectivity index (χ4n) is 4.37. The van der Waals surface area contributed by atoms with E-state index in [4.69, 9.17) is 26.8 Å². The summed E-state index contributed by atoms with van der Waals surface area (Å²) in [6.45, 7) is 1.29. The number of nitrogens with one attached hydrogen (secondary N) is 2. The van der Waals surface area contributed by atoms with Gasteiger partial charge in [0.2, 0.25) is 18.1 Å². The molecule has 2 aromatic carbocycles. The first-order chi connectivity index (χ1) is 18.1. The molecule has 38 heavy (non-hydrogen) atoms. The lowest BCUT2D eigenvalue weighted by molar-refractivity contribution is -0.168. The molecule has 2 aliphatic rings. The van der Waals surface area contributed by atoms with E-state index in [1.165, 1.54) is 25.1 Å². The maximum atomic E-state index is 14.4. The van der Waals surface area contributed by atoms with Gasteiger partial charge in [0.1, 0.15) is 24.3 Å². The number of carbonyl (C=O) groups is 4. The predicted molar refractivity (Wildman–Crippen MR) is 135 cm³/mol. The van der Waals surface area contributed by atoms with Crippen LogP contribution in [0, 0.1) is 0 Å². The molecule has 0 aliphatic carbocycles. The summed E-state index contributed by atoms with van der Waals surface area (Å²) in [5.74, 6) is -2.39. The van der Waals surface area contributed by atoms with E-state index < -0.39 is 54.3 Å². The van der Waals surface area contributed by atoms with Crippen LogP contribution < -0.4 is 16.4 Å². The molecule has 0 bridgehead atoms. The van der Waals surface area contributed by atoms with Crippen molar-refractivity contribution >= 4 is 41.0 Å². The molecule has 3 amide bonds. The van der Waals surface area contributed by atoms with Crippen LogP contribution in [0.15, 0.2) is 48.5 Å². The van der Waals surface area contributed by atoms with Crippen LogP contribution in [0.5, 0.6) is 0 Å². The maximum absolute atomic E-state index is 14.4. The molecular formula is C26H28ClFN4O6. The second kappa shape index (κ2) is 11.8. The highest BCUT2D eigenvalue weighted by molar-refractivity contribution is 6.33. The van der Waals surface area contributed by atoms with Gasteiger partial charge >= 0.3 is 5.97 Å². The average molecular weight is 547 g/mol. The highest BCUT2D eigenvalue weighted by Gasteiger charge is 2.44. The number of alkyl halides is 1. The summed E-state index contributed by atoms with van der Waals surface area (Å²) in [5, 5.41) is 5.41. The highest BCUT2D eigenvalue weighted by Crippen LogP contribution is 2.24. The number of esters is 1. The monoisotopic (exact) mass is 546 g/mol. The first-order valence-corrected chi connectivity index (χ1v) is 12.5. The van der Waals surface area contributed by atoms with E-state index in [0.717, 1.165) is 10.5 Å². The minimum absolute atomic E-state index is 0.123. The molecule has 0 saturated carbocycles. The summed E-state index contributed by atoms with van der Waals surface area (Å²) in [4.78, 5) is 51.8. The average Bonchev–Trinajstić information content (AvgIpc) is 3.45. The van der Waals surface area contributed by atoms with Crippen molar-refractivity contribution in [2.24, 2.45) is 0 Å². The summed E-state index contributed by atoms with van der Waals surface area (Å²) < 4.78 is 25.3. The Labute approximate surface area is 223 Å². The lowest BCUT2D eigenvalue weighted by Crippen LogP contribution is -2.54. The number of amides is 3. The molecule has 0 aromatic heterocycles. The Kier molecular flexibility index (Phi) is 8.48. The van der Waals surface area contributed by atoms with Gasteiger partial charge in [-0.25, -0.2) is 4.39 Å². The molecule has 2 fully saturated rings. The molecule has 0 spiro atoms. The van der Waals surface area contributed by atoms with E-state index in [1.807, 2.05) is 30.3 Å². The molecule has 4 N–H and O–H groups in total. The first-order valence-electron chi connectivity index (χ1n) is 12.1. The Balaban J connectivity index is 1.37. The van der Waals surface area contributed by atoms with Crippen molar-refractivity contribution < 1.29 is 33.0 Å². The number of likely N-dealkylation sites (tertiary alicyclic amines) is 1. The second-order valence-electron chi connectivity index (χ2n) is 9.24. The number of halogens is 2. The van der Waals surface area contributed by atoms with Crippen LogP contribution in [0.2, 0.25) is 5.02 Å². The van der Waals surface area contributed by atoms with Crippen molar-refractivity contribution in [1.82, 2.24) is 15.5 Å². The van der Waals surface area contributed by atoms with Gasteiger partial charge in [-0.15, -0.1) is 0 Å². The van der Waals surface area contributed by atoms with Gasteiger partial charge in [-0.2, -0.15) is 0 Å². The van der Waals surface area contributed by atoms with Crippen molar-refractivity contribution in [3.63, 3.8) is 0 Å². The van der Waals surface area contributed by atoms with E-state index in [9.17, 15) is 23.6 Å². The summed E-state index contributed by atoms with van der Waals surface area (Å²) in [6.07, 6.45) is -2.80. The molecule has 2 aromatic rings. The third-order valence-electron chi connectivity index (χ3n) is 6.36. The number of rotatable bonds is 8. The second-order valence-corrected chi connectivity index (χ2v) is 9.65. The van der Waals surface area contributed by atoms with Crippen LogP contribution >= 0.6 is 11.6 Å². The van der Waals surface area contributed by atoms with E-state index in [0.29, 0.717) is 5.69 Å². The van der Waals surface area contributed by atoms with Crippen LogP contribution in [0.3, 0.4) is 0 Å². The van der Waals surface area contributed by atoms with Gasteiger partial charge in [0.05, 0.1) is 30.3 Å². The molecule has 12 heteroatoms. The number of ether oxygens (including phenoxy) is 2. The van der Waals surface area contributed by atoms with E-state index >= 15 is 0 Å². The zero-order valence-electron chi connectivity index (χ0n) is 20.6. The zero-order chi connectivity index (χ0) is 27.4. The normalized spacial score (nSPS) is 23.6. The van der Waals surface area contributed by atoms with Gasteiger partial charge in [0, 0.05) is 12.0 Å². The van der Waals surface area contributed by atoms with Crippen LogP contribution in [0.1, 0.15) is 35.7 Å². The largest absolute Gasteiger partial charge is 0.433 e. The van der Waals surface area contributed by atoms with Crippen LogP contribution in [-0.2, 0) is 30.5 Å². The molecule has 202 valence electrons. The van der Waals surface area contributed by atoms with Crippen LogP contribution in [0.4, 0.5) is 10.1 Å². The van der Waals surface area contributed by atoms with Crippen molar-refractivity contribution in [3.8, 4) is 0 Å². The Morgan fingerprint density at radius 1 is 1.24 bits per heavy atom. The maximum Gasteiger partial charge on any atom is 0.310 e. The van der Waals surface area contributed by atoms with Gasteiger partial charge in [0.15, 0.2) is 0 Å². The minimum atomic E-state index is -1.43. The summed E-state index contributed by atoms with van der Waals surface area (Å²) >= 11 is 5.97. The summed E-state index contributed by atoms with van der Waals surface area (Å²) in [6, 6.07) is 10.5. The fourth-order valence-corrected chi connectivity index (χ4v) is 4.55. The van der Waals surface area contributed by atoms with Crippen molar-refractivity contribution in [3.05, 3.63) is 64.7 Å².